The fourth-order valence-electron chi connectivity index (χ4n) is 4.75. The molecule has 0 N–H and O–H groups in total. The molecule has 0 aliphatic carbocycles. The van der Waals surface area contributed by atoms with Crippen molar-refractivity contribution in [3.63, 3.8) is 0 Å². The highest BCUT2D eigenvalue weighted by Gasteiger charge is 2.27. The average molecular weight is 484 g/mol. The number of hydrogen-bond acceptors (Lipinski definition) is 7. The van der Waals surface area contributed by atoms with Gasteiger partial charge in [0.05, 0.1) is 45.7 Å². The van der Waals surface area contributed by atoms with Crippen LogP contribution in [-0.2, 0) is 0 Å². The Labute approximate surface area is 200 Å². The number of rotatable bonds is 4. The molecular weight excluding hydrogens is 468 g/mol. The number of fused-ring (bicyclic) bond motifs is 2. The van der Waals surface area contributed by atoms with Crippen LogP contribution < -0.4 is 20.6 Å². The van der Waals surface area contributed by atoms with Gasteiger partial charge in [0.2, 0.25) is 0 Å². The highest BCUT2D eigenvalue weighted by Crippen LogP contribution is 2.47. The van der Waals surface area contributed by atoms with Crippen LogP contribution in [-0.4, -0.2) is 23.7 Å². The second-order valence-electron chi connectivity index (χ2n) is 8.02. The first-order chi connectivity index (χ1) is 16.9. The SMILES string of the molecule is COc1ccc(-n2c(=O)c3cc(OC)c4sc5ccccc5c5c([N+](=O)[O-])cc(c2=O)c3c45)cc1. The summed E-state index contributed by atoms with van der Waals surface area (Å²) < 4.78 is 13.3. The molecule has 0 spiro atoms. The Hall–Kier alpha value is -4.50. The molecule has 0 bridgehead atoms. The third-order valence-electron chi connectivity index (χ3n) is 6.28. The van der Waals surface area contributed by atoms with E-state index < -0.39 is 16.0 Å². The summed E-state index contributed by atoms with van der Waals surface area (Å²) in [4.78, 5) is 39.2. The number of non-ortho nitro benzene ring substituents is 1. The number of ether oxygens (including phenoxy) is 2. The Kier molecular flexibility index (Phi) is 4.52. The van der Waals surface area contributed by atoms with Gasteiger partial charge in [-0.2, -0.15) is 0 Å². The maximum Gasteiger partial charge on any atom is 0.278 e. The number of nitrogens with zero attached hydrogens (tertiary/aromatic N) is 2. The van der Waals surface area contributed by atoms with Crippen LogP contribution in [0.5, 0.6) is 11.5 Å². The van der Waals surface area contributed by atoms with Crippen molar-refractivity contribution in [3.8, 4) is 17.2 Å². The lowest BCUT2D eigenvalue weighted by atomic mass is 9.95. The highest BCUT2D eigenvalue weighted by atomic mass is 32.1. The van der Waals surface area contributed by atoms with Crippen LogP contribution >= 0.6 is 11.3 Å². The van der Waals surface area contributed by atoms with E-state index in [9.17, 15) is 19.7 Å². The summed E-state index contributed by atoms with van der Waals surface area (Å²) in [5.74, 6) is 0.981. The number of hydrogen-bond donors (Lipinski definition) is 0. The van der Waals surface area contributed by atoms with E-state index in [-0.39, 0.29) is 16.5 Å². The molecule has 0 fully saturated rings. The van der Waals surface area contributed by atoms with Gasteiger partial charge >= 0.3 is 0 Å². The largest absolute Gasteiger partial charge is 0.497 e. The molecule has 35 heavy (non-hydrogen) atoms. The second kappa shape index (κ2) is 7.51. The summed E-state index contributed by atoms with van der Waals surface area (Å²) in [5.41, 5.74) is -1.01. The molecule has 2 heterocycles. The minimum atomic E-state index is -0.623. The zero-order valence-corrected chi connectivity index (χ0v) is 19.3. The molecule has 0 radical (unpaired) electrons. The lowest BCUT2D eigenvalue weighted by Crippen LogP contribution is -2.32. The minimum Gasteiger partial charge on any atom is -0.497 e. The van der Waals surface area contributed by atoms with Crippen LogP contribution in [0.2, 0.25) is 0 Å². The Morgan fingerprint density at radius 1 is 0.829 bits per heavy atom. The van der Waals surface area contributed by atoms with Crippen LogP contribution in [0.1, 0.15) is 0 Å². The second-order valence-corrected chi connectivity index (χ2v) is 9.08. The van der Waals surface area contributed by atoms with Crippen molar-refractivity contribution in [2.75, 3.05) is 14.2 Å². The first-order valence-corrected chi connectivity index (χ1v) is 11.4. The van der Waals surface area contributed by atoms with E-state index in [1.165, 1.54) is 31.6 Å². The highest BCUT2D eigenvalue weighted by molar-refractivity contribution is 7.25. The van der Waals surface area contributed by atoms with Gasteiger partial charge in [-0.3, -0.25) is 19.7 Å². The van der Waals surface area contributed by atoms with Crippen molar-refractivity contribution in [2.45, 2.75) is 0 Å². The number of nitro groups is 1. The monoisotopic (exact) mass is 484 g/mol. The van der Waals surface area contributed by atoms with E-state index in [4.69, 9.17) is 9.47 Å². The first kappa shape index (κ1) is 21.1. The normalized spacial score (nSPS) is 11.6. The zero-order chi connectivity index (χ0) is 24.4. The Bertz CT molecular complexity index is 1940. The van der Waals surface area contributed by atoms with Crippen molar-refractivity contribution in [3.05, 3.63) is 91.5 Å². The summed E-state index contributed by atoms with van der Waals surface area (Å²) in [6.07, 6.45) is 0. The lowest BCUT2D eigenvalue weighted by Gasteiger charge is -2.16. The molecule has 8 nitrogen and oxygen atoms in total. The number of aromatic nitrogens is 1. The standard InChI is InChI=1S/C26H16N2O6S/c1-33-14-9-7-13(8-10-14)27-25(29)16-11-18(28(31)32)22-15-5-3-4-6-20(15)35-24-19(34-2)12-17(26(27)30)21(16)23(22)24/h3-12H,1-2H3. The Balaban J connectivity index is 1.91. The molecule has 0 aliphatic heterocycles. The van der Waals surface area contributed by atoms with Gasteiger partial charge in [-0.1, -0.05) is 18.2 Å². The van der Waals surface area contributed by atoms with Gasteiger partial charge in [0.15, 0.2) is 0 Å². The predicted octanol–water partition coefficient (Wildman–Crippen LogP) is 5.24. The van der Waals surface area contributed by atoms with Gasteiger partial charge in [-0.25, -0.2) is 4.57 Å². The summed E-state index contributed by atoms with van der Waals surface area (Å²) >= 11 is 1.40. The Morgan fingerprint density at radius 3 is 2.17 bits per heavy atom. The van der Waals surface area contributed by atoms with Gasteiger partial charge in [0.1, 0.15) is 11.5 Å². The van der Waals surface area contributed by atoms with Crippen LogP contribution in [0, 0.1) is 10.1 Å². The number of pyridine rings is 1. The van der Waals surface area contributed by atoms with Gasteiger partial charge in [-0.05, 0) is 36.4 Å². The van der Waals surface area contributed by atoms with Crippen molar-refractivity contribution in [1.82, 2.24) is 4.57 Å². The van der Waals surface area contributed by atoms with Crippen molar-refractivity contribution in [1.29, 1.82) is 0 Å². The molecule has 0 saturated carbocycles. The van der Waals surface area contributed by atoms with Gasteiger partial charge in [0, 0.05) is 26.9 Å². The molecule has 2 aromatic heterocycles. The molecule has 6 rings (SSSR count). The van der Waals surface area contributed by atoms with E-state index in [1.807, 2.05) is 24.3 Å². The summed E-state index contributed by atoms with van der Waals surface area (Å²) in [6, 6.07) is 16.7. The average Bonchev–Trinajstić information content (AvgIpc) is 2.88. The molecule has 4 aromatic carbocycles. The molecule has 9 heteroatoms. The molecule has 0 atom stereocenters. The Morgan fingerprint density at radius 2 is 1.51 bits per heavy atom. The smallest absolute Gasteiger partial charge is 0.278 e. The third-order valence-corrected chi connectivity index (χ3v) is 7.47. The molecule has 6 aromatic rings. The maximum atomic E-state index is 13.7. The molecule has 0 amide bonds. The molecule has 0 saturated heterocycles. The van der Waals surface area contributed by atoms with Crippen LogP contribution in [0.3, 0.4) is 0 Å². The first-order valence-electron chi connectivity index (χ1n) is 10.6. The van der Waals surface area contributed by atoms with Gasteiger partial charge < -0.3 is 9.47 Å². The van der Waals surface area contributed by atoms with Crippen LogP contribution in [0.4, 0.5) is 5.69 Å². The van der Waals surface area contributed by atoms with E-state index in [1.54, 1.807) is 30.3 Å². The molecular formula is C26H16N2O6S. The van der Waals surface area contributed by atoms with Crippen LogP contribution in [0.25, 0.3) is 47.4 Å². The van der Waals surface area contributed by atoms with Gasteiger partial charge in [-0.15, -0.1) is 11.3 Å². The molecule has 0 aliphatic rings. The molecule has 172 valence electrons. The predicted molar refractivity (Wildman–Crippen MR) is 137 cm³/mol. The van der Waals surface area contributed by atoms with Gasteiger partial charge in [0.25, 0.3) is 16.8 Å². The van der Waals surface area contributed by atoms with Crippen molar-refractivity contribution >= 4 is 58.7 Å². The van der Waals surface area contributed by atoms with E-state index in [2.05, 4.69) is 0 Å². The zero-order valence-electron chi connectivity index (χ0n) is 18.5. The molecule has 0 unspecified atom stereocenters. The summed E-state index contributed by atoms with van der Waals surface area (Å²) in [5, 5.41) is 14.6. The summed E-state index contributed by atoms with van der Waals surface area (Å²) in [7, 11) is 3.01. The van der Waals surface area contributed by atoms with Crippen LogP contribution in [0.15, 0.2) is 70.3 Å². The fourth-order valence-corrected chi connectivity index (χ4v) is 5.94. The lowest BCUT2D eigenvalue weighted by molar-refractivity contribution is -0.382. The number of methoxy groups -OCH3 is 2. The minimum absolute atomic E-state index is 0.102. The van der Waals surface area contributed by atoms with Crippen molar-refractivity contribution < 1.29 is 14.4 Å². The maximum absolute atomic E-state index is 13.7. The van der Waals surface area contributed by atoms with Crippen molar-refractivity contribution in [2.24, 2.45) is 0 Å². The quantitative estimate of drug-likeness (QED) is 0.147. The van der Waals surface area contributed by atoms with E-state index >= 15 is 0 Å². The van der Waals surface area contributed by atoms with E-state index in [0.29, 0.717) is 43.4 Å². The van der Waals surface area contributed by atoms with E-state index in [0.717, 1.165) is 9.27 Å². The number of nitro benzene ring substituents is 1. The topological polar surface area (TPSA) is 101 Å². The number of benzene rings is 4. The summed E-state index contributed by atoms with van der Waals surface area (Å²) in [6.45, 7) is 0. The third kappa shape index (κ3) is 2.85. The fraction of sp³-hybridized carbons (Fsp3) is 0.0769.